The first-order valence-corrected chi connectivity index (χ1v) is 7.84. The Kier molecular flexibility index (Phi) is 6.37. The Balaban J connectivity index is 2.39. The quantitative estimate of drug-likeness (QED) is 0.711. The van der Waals surface area contributed by atoms with Crippen molar-refractivity contribution in [2.45, 2.75) is 27.2 Å². The van der Waals surface area contributed by atoms with Gasteiger partial charge in [-0.3, -0.25) is 0 Å². The summed E-state index contributed by atoms with van der Waals surface area (Å²) in [6.07, 6.45) is 1.14. The van der Waals surface area contributed by atoms with Crippen molar-refractivity contribution in [2.75, 3.05) is 25.5 Å². The van der Waals surface area contributed by atoms with E-state index in [0.717, 1.165) is 24.8 Å². The predicted molar refractivity (Wildman–Crippen MR) is 84.4 cm³/mol. The minimum absolute atomic E-state index is 0.366. The van der Waals surface area contributed by atoms with Crippen LogP contribution in [0.1, 0.15) is 26.3 Å². The maximum absolute atomic E-state index is 3.65. The Bertz CT molecular complexity index is 329. The molecule has 102 valence electrons. The van der Waals surface area contributed by atoms with Crippen LogP contribution < -0.4 is 0 Å². The summed E-state index contributed by atoms with van der Waals surface area (Å²) < 4.78 is 0. The number of hydrogen-bond donors (Lipinski definition) is 0. The van der Waals surface area contributed by atoms with Crippen LogP contribution >= 0.6 is 15.9 Å². The van der Waals surface area contributed by atoms with Gasteiger partial charge in [0.15, 0.2) is 0 Å². The largest absolute Gasteiger partial charge is 0.306 e. The Hall–Kier alpha value is -0.340. The highest BCUT2D eigenvalue weighted by atomic mass is 79.9. The second-order valence-corrected chi connectivity index (χ2v) is 6.86. The minimum atomic E-state index is 0.366. The lowest BCUT2D eigenvalue weighted by Crippen LogP contribution is -2.35. The van der Waals surface area contributed by atoms with Crippen LogP contribution in [0.5, 0.6) is 0 Å². The van der Waals surface area contributed by atoms with Crippen molar-refractivity contribution in [3.63, 3.8) is 0 Å². The van der Waals surface area contributed by atoms with Crippen LogP contribution in [0.3, 0.4) is 0 Å². The van der Waals surface area contributed by atoms with E-state index in [4.69, 9.17) is 0 Å². The van der Waals surface area contributed by atoms with Gasteiger partial charge in [-0.2, -0.15) is 0 Å². The molecule has 0 N–H and O–H groups in total. The minimum Gasteiger partial charge on any atom is -0.306 e. The predicted octanol–water partition coefficient (Wildman–Crippen LogP) is 4.22. The fraction of sp³-hybridized carbons (Fsp3) is 0.625. The van der Waals surface area contributed by atoms with E-state index >= 15 is 0 Å². The van der Waals surface area contributed by atoms with Crippen LogP contribution in [0.2, 0.25) is 0 Å². The third kappa shape index (κ3) is 5.53. The summed E-state index contributed by atoms with van der Waals surface area (Å²) in [5.41, 5.74) is 1.79. The van der Waals surface area contributed by atoms with Gasteiger partial charge in [0, 0.05) is 18.4 Å². The van der Waals surface area contributed by atoms with Crippen molar-refractivity contribution >= 4 is 15.9 Å². The third-order valence-corrected chi connectivity index (χ3v) is 4.35. The number of benzene rings is 1. The smallest absolute Gasteiger partial charge is 0.00768 e. The normalized spacial score (nSPS) is 13.9. The Labute approximate surface area is 121 Å². The van der Waals surface area contributed by atoms with Crippen LogP contribution in [-0.2, 0) is 6.42 Å². The van der Waals surface area contributed by atoms with Gasteiger partial charge in [-0.1, -0.05) is 67.0 Å². The molecule has 0 bridgehead atoms. The maximum atomic E-state index is 3.65. The van der Waals surface area contributed by atoms with E-state index in [1.54, 1.807) is 0 Å². The third-order valence-electron chi connectivity index (χ3n) is 3.57. The van der Waals surface area contributed by atoms with E-state index in [1.807, 2.05) is 0 Å². The standard InChI is InChI=1S/C16H26BrN/c1-16(2,3)15(12-17)13-18(4)11-10-14-8-6-5-7-9-14/h5-9,15H,10-13H2,1-4H3. The Morgan fingerprint density at radius 1 is 1.17 bits per heavy atom. The summed E-state index contributed by atoms with van der Waals surface area (Å²) in [5, 5.41) is 1.08. The lowest BCUT2D eigenvalue weighted by Gasteiger charge is -2.32. The first kappa shape index (κ1) is 15.7. The SMILES string of the molecule is CN(CCc1ccccc1)CC(CBr)C(C)(C)C. The molecule has 1 rings (SSSR count). The average molecular weight is 312 g/mol. The molecule has 1 unspecified atom stereocenters. The number of hydrogen-bond acceptors (Lipinski definition) is 1. The van der Waals surface area contributed by atoms with Gasteiger partial charge in [0.25, 0.3) is 0 Å². The molecule has 18 heavy (non-hydrogen) atoms. The van der Waals surface area contributed by atoms with E-state index in [2.05, 4.69) is 79.0 Å². The summed E-state index contributed by atoms with van der Waals surface area (Å²) in [5.74, 6) is 0.693. The molecule has 0 fully saturated rings. The number of likely N-dealkylation sites (N-methyl/N-ethyl adjacent to an activating group) is 1. The zero-order valence-electron chi connectivity index (χ0n) is 12.1. The van der Waals surface area contributed by atoms with Crippen LogP contribution in [-0.4, -0.2) is 30.4 Å². The molecule has 1 nitrogen and oxygen atoms in total. The van der Waals surface area contributed by atoms with Crippen molar-refractivity contribution in [2.24, 2.45) is 11.3 Å². The first-order valence-electron chi connectivity index (χ1n) is 6.72. The number of alkyl halides is 1. The summed E-state index contributed by atoms with van der Waals surface area (Å²) in [6, 6.07) is 10.7. The highest BCUT2D eigenvalue weighted by Gasteiger charge is 2.24. The van der Waals surface area contributed by atoms with Gasteiger partial charge in [-0.05, 0) is 30.4 Å². The lowest BCUT2D eigenvalue weighted by molar-refractivity contribution is 0.189. The topological polar surface area (TPSA) is 3.24 Å². The monoisotopic (exact) mass is 311 g/mol. The fourth-order valence-corrected chi connectivity index (χ4v) is 3.16. The van der Waals surface area contributed by atoms with E-state index in [1.165, 1.54) is 5.56 Å². The molecule has 0 spiro atoms. The molecule has 0 aliphatic carbocycles. The Morgan fingerprint density at radius 2 is 1.78 bits per heavy atom. The maximum Gasteiger partial charge on any atom is 0.00768 e. The molecule has 0 aliphatic rings. The molecular weight excluding hydrogens is 286 g/mol. The lowest BCUT2D eigenvalue weighted by atomic mass is 9.82. The van der Waals surface area contributed by atoms with Crippen LogP contribution in [0.15, 0.2) is 30.3 Å². The number of nitrogens with zero attached hydrogens (tertiary/aromatic N) is 1. The van der Waals surface area contributed by atoms with Crippen LogP contribution in [0, 0.1) is 11.3 Å². The molecule has 0 saturated heterocycles. The van der Waals surface area contributed by atoms with Crippen molar-refractivity contribution in [1.29, 1.82) is 0 Å². The molecule has 0 heterocycles. The van der Waals surface area contributed by atoms with E-state index in [9.17, 15) is 0 Å². The molecule has 0 amide bonds. The van der Waals surface area contributed by atoms with E-state index < -0.39 is 0 Å². The Morgan fingerprint density at radius 3 is 2.28 bits per heavy atom. The van der Waals surface area contributed by atoms with Gasteiger partial charge in [-0.15, -0.1) is 0 Å². The van der Waals surface area contributed by atoms with Gasteiger partial charge in [0.2, 0.25) is 0 Å². The fourth-order valence-electron chi connectivity index (χ4n) is 1.99. The molecule has 1 aromatic rings. The van der Waals surface area contributed by atoms with Crippen molar-refractivity contribution in [1.82, 2.24) is 4.90 Å². The van der Waals surface area contributed by atoms with Crippen LogP contribution in [0.4, 0.5) is 0 Å². The first-order chi connectivity index (χ1) is 8.43. The molecule has 2 heteroatoms. The summed E-state index contributed by atoms with van der Waals surface area (Å²) in [6.45, 7) is 9.25. The van der Waals surface area contributed by atoms with Crippen molar-refractivity contribution < 1.29 is 0 Å². The van der Waals surface area contributed by atoms with E-state index in [-0.39, 0.29) is 0 Å². The van der Waals surface area contributed by atoms with Gasteiger partial charge in [0.1, 0.15) is 0 Å². The van der Waals surface area contributed by atoms with Gasteiger partial charge >= 0.3 is 0 Å². The summed E-state index contributed by atoms with van der Waals surface area (Å²) in [7, 11) is 2.23. The molecule has 0 radical (unpaired) electrons. The average Bonchev–Trinajstić information content (AvgIpc) is 2.33. The summed E-state index contributed by atoms with van der Waals surface area (Å²) in [4.78, 5) is 2.45. The highest BCUT2D eigenvalue weighted by molar-refractivity contribution is 9.09. The molecule has 1 atom stereocenters. The molecule has 0 aromatic heterocycles. The van der Waals surface area contributed by atoms with Crippen molar-refractivity contribution in [3.05, 3.63) is 35.9 Å². The second kappa shape index (κ2) is 7.30. The van der Waals surface area contributed by atoms with Gasteiger partial charge in [0.05, 0.1) is 0 Å². The van der Waals surface area contributed by atoms with E-state index in [0.29, 0.717) is 11.3 Å². The zero-order valence-corrected chi connectivity index (χ0v) is 13.7. The number of rotatable bonds is 6. The molecule has 0 saturated carbocycles. The van der Waals surface area contributed by atoms with Crippen molar-refractivity contribution in [3.8, 4) is 0 Å². The second-order valence-electron chi connectivity index (χ2n) is 6.22. The number of halogens is 1. The highest BCUT2D eigenvalue weighted by Crippen LogP contribution is 2.28. The van der Waals surface area contributed by atoms with Gasteiger partial charge in [-0.25, -0.2) is 0 Å². The summed E-state index contributed by atoms with van der Waals surface area (Å²) >= 11 is 3.65. The molecular formula is C16H26BrN. The molecule has 0 aliphatic heterocycles. The zero-order chi connectivity index (χ0) is 13.6. The molecule has 1 aromatic carbocycles. The van der Waals surface area contributed by atoms with Gasteiger partial charge < -0.3 is 4.90 Å². The van der Waals surface area contributed by atoms with Crippen LogP contribution in [0.25, 0.3) is 0 Å².